The highest BCUT2D eigenvalue weighted by atomic mass is 35.5. The summed E-state index contributed by atoms with van der Waals surface area (Å²) in [5.41, 5.74) is 2.97. The number of aromatic nitrogens is 4. The van der Waals surface area contributed by atoms with Gasteiger partial charge in [-0.05, 0) is 19.9 Å². The molecular weight excluding hydrogens is 256 g/mol. The molecule has 90 valence electrons. The Balaban J connectivity index is 2.12. The average Bonchev–Trinajstić information content (AvgIpc) is 2.51. The topological polar surface area (TPSA) is 43.6 Å². The van der Waals surface area contributed by atoms with Gasteiger partial charge in [0.15, 0.2) is 5.16 Å². The summed E-state index contributed by atoms with van der Waals surface area (Å²) >= 11 is 7.73. The average molecular weight is 269 g/mol. The minimum absolute atomic E-state index is 0.683. The molecule has 0 atom stereocenters. The number of halogens is 1. The molecule has 0 fully saturated rings. The molecular formula is C11H13ClN4S. The molecule has 0 saturated heterocycles. The molecule has 2 aromatic heterocycles. The van der Waals surface area contributed by atoms with E-state index in [0.29, 0.717) is 5.15 Å². The maximum atomic E-state index is 6.16. The lowest BCUT2D eigenvalue weighted by Crippen LogP contribution is -1.91. The van der Waals surface area contributed by atoms with E-state index in [0.717, 1.165) is 27.9 Å². The highest BCUT2D eigenvalue weighted by molar-refractivity contribution is 7.98. The lowest BCUT2D eigenvalue weighted by Gasteiger charge is -2.01. The van der Waals surface area contributed by atoms with Crippen LogP contribution in [0.3, 0.4) is 0 Å². The summed E-state index contributed by atoms with van der Waals surface area (Å²) < 4.78 is 1.68. The van der Waals surface area contributed by atoms with Crippen LogP contribution in [0.1, 0.15) is 17.0 Å². The largest absolute Gasteiger partial charge is 0.257 e. The van der Waals surface area contributed by atoms with Crippen LogP contribution < -0.4 is 0 Å². The first-order chi connectivity index (χ1) is 8.08. The van der Waals surface area contributed by atoms with Crippen molar-refractivity contribution in [1.82, 2.24) is 19.7 Å². The van der Waals surface area contributed by atoms with Gasteiger partial charge < -0.3 is 0 Å². The fourth-order valence-corrected chi connectivity index (χ4v) is 2.75. The Hall–Kier alpha value is -1.07. The molecule has 6 heteroatoms. The van der Waals surface area contributed by atoms with Crippen molar-refractivity contribution in [2.24, 2.45) is 7.05 Å². The zero-order chi connectivity index (χ0) is 12.4. The van der Waals surface area contributed by atoms with E-state index in [-0.39, 0.29) is 0 Å². The quantitative estimate of drug-likeness (QED) is 0.634. The summed E-state index contributed by atoms with van der Waals surface area (Å²) in [4.78, 5) is 8.54. The number of nitrogens with zero attached hydrogens (tertiary/aromatic N) is 4. The summed E-state index contributed by atoms with van der Waals surface area (Å²) in [6.07, 6.45) is 1.77. The van der Waals surface area contributed by atoms with Gasteiger partial charge >= 0.3 is 0 Å². The molecule has 0 saturated carbocycles. The van der Waals surface area contributed by atoms with Gasteiger partial charge in [0.05, 0.1) is 5.69 Å². The summed E-state index contributed by atoms with van der Waals surface area (Å²) in [6.45, 7) is 3.91. The predicted molar refractivity (Wildman–Crippen MR) is 69.3 cm³/mol. The summed E-state index contributed by atoms with van der Waals surface area (Å²) in [5, 5.41) is 5.72. The number of rotatable bonds is 3. The van der Waals surface area contributed by atoms with Crippen molar-refractivity contribution in [2.45, 2.75) is 24.8 Å². The zero-order valence-corrected chi connectivity index (χ0v) is 11.5. The Labute approximate surface area is 109 Å². The van der Waals surface area contributed by atoms with E-state index in [4.69, 9.17) is 11.6 Å². The lowest BCUT2D eigenvalue weighted by atomic mass is 10.3. The van der Waals surface area contributed by atoms with Crippen molar-refractivity contribution in [3.8, 4) is 0 Å². The number of aryl methyl sites for hydroxylation is 3. The van der Waals surface area contributed by atoms with Crippen LogP contribution in [-0.4, -0.2) is 19.7 Å². The van der Waals surface area contributed by atoms with Gasteiger partial charge in [-0.3, -0.25) is 4.68 Å². The molecule has 0 unspecified atom stereocenters. The minimum atomic E-state index is 0.683. The third-order valence-corrected chi connectivity index (χ3v) is 3.75. The van der Waals surface area contributed by atoms with Crippen molar-refractivity contribution >= 4 is 23.4 Å². The fourth-order valence-electron chi connectivity index (χ4n) is 1.47. The van der Waals surface area contributed by atoms with Crippen LogP contribution in [0.2, 0.25) is 5.15 Å². The molecule has 0 amide bonds. The molecule has 0 aliphatic rings. The van der Waals surface area contributed by atoms with E-state index in [2.05, 4.69) is 15.1 Å². The lowest BCUT2D eigenvalue weighted by molar-refractivity contribution is 0.757. The fraction of sp³-hybridized carbons (Fsp3) is 0.364. The van der Waals surface area contributed by atoms with Gasteiger partial charge in [-0.25, -0.2) is 9.97 Å². The molecule has 2 heterocycles. The van der Waals surface area contributed by atoms with Crippen molar-refractivity contribution < 1.29 is 0 Å². The Morgan fingerprint density at radius 3 is 2.76 bits per heavy atom. The SMILES string of the molecule is Cc1ccnc(SCc2c(C)nn(C)c2Cl)n1. The smallest absolute Gasteiger partial charge is 0.188 e. The van der Waals surface area contributed by atoms with Crippen LogP contribution in [0.4, 0.5) is 0 Å². The molecule has 2 rings (SSSR count). The molecule has 0 radical (unpaired) electrons. The second kappa shape index (κ2) is 5.06. The summed E-state index contributed by atoms with van der Waals surface area (Å²) in [5.74, 6) is 0.738. The molecule has 0 N–H and O–H groups in total. The third kappa shape index (κ3) is 2.79. The Kier molecular flexibility index (Phi) is 3.69. The van der Waals surface area contributed by atoms with Crippen LogP contribution in [0.15, 0.2) is 17.4 Å². The Bertz CT molecular complexity index is 538. The highest BCUT2D eigenvalue weighted by Gasteiger charge is 2.11. The van der Waals surface area contributed by atoms with E-state index in [1.165, 1.54) is 0 Å². The number of hydrogen-bond donors (Lipinski definition) is 0. The third-order valence-electron chi connectivity index (χ3n) is 2.39. The summed E-state index contributed by atoms with van der Waals surface area (Å²) in [6, 6.07) is 1.88. The van der Waals surface area contributed by atoms with Gasteiger partial charge in [0.1, 0.15) is 5.15 Å². The van der Waals surface area contributed by atoms with Crippen molar-refractivity contribution in [1.29, 1.82) is 0 Å². The molecule has 0 spiro atoms. The molecule has 4 nitrogen and oxygen atoms in total. The second-order valence-corrected chi connectivity index (χ2v) is 5.05. The monoisotopic (exact) mass is 268 g/mol. The Morgan fingerprint density at radius 1 is 1.41 bits per heavy atom. The van der Waals surface area contributed by atoms with Crippen molar-refractivity contribution in [2.75, 3.05) is 0 Å². The van der Waals surface area contributed by atoms with Gasteiger partial charge in [0.2, 0.25) is 0 Å². The van der Waals surface area contributed by atoms with Gasteiger partial charge in [-0.1, -0.05) is 23.4 Å². The standard InChI is InChI=1S/C11H13ClN4S/c1-7-4-5-13-11(14-7)17-6-9-8(2)15-16(3)10(9)12/h4-5H,6H2,1-3H3. The van der Waals surface area contributed by atoms with E-state index in [9.17, 15) is 0 Å². The van der Waals surface area contributed by atoms with E-state index >= 15 is 0 Å². The zero-order valence-electron chi connectivity index (χ0n) is 9.94. The molecule has 0 bridgehead atoms. The van der Waals surface area contributed by atoms with Crippen molar-refractivity contribution in [3.05, 3.63) is 34.4 Å². The van der Waals surface area contributed by atoms with Crippen LogP contribution >= 0.6 is 23.4 Å². The molecule has 0 aliphatic carbocycles. The molecule has 0 aromatic carbocycles. The first kappa shape index (κ1) is 12.4. The van der Waals surface area contributed by atoms with E-state index in [1.807, 2.05) is 27.0 Å². The van der Waals surface area contributed by atoms with Crippen LogP contribution in [0.25, 0.3) is 0 Å². The maximum Gasteiger partial charge on any atom is 0.188 e. The van der Waals surface area contributed by atoms with Crippen LogP contribution in [-0.2, 0) is 12.8 Å². The Morgan fingerprint density at radius 2 is 2.18 bits per heavy atom. The highest BCUT2D eigenvalue weighted by Crippen LogP contribution is 2.26. The van der Waals surface area contributed by atoms with E-state index in [1.54, 1.807) is 22.6 Å². The minimum Gasteiger partial charge on any atom is -0.257 e. The molecule has 0 aliphatic heterocycles. The van der Waals surface area contributed by atoms with Crippen LogP contribution in [0.5, 0.6) is 0 Å². The molecule has 17 heavy (non-hydrogen) atoms. The first-order valence-electron chi connectivity index (χ1n) is 5.18. The van der Waals surface area contributed by atoms with Gasteiger partial charge in [0, 0.05) is 30.3 Å². The first-order valence-corrected chi connectivity index (χ1v) is 6.54. The van der Waals surface area contributed by atoms with Gasteiger partial charge in [0.25, 0.3) is 0 Å². The molecule has 2 aromatic rings. The maximum absolute atomic E-state index is 6.16. The second-order valence-electron chi connectivity index (χ2n) is 3.75. The van der Waals surface area contributed by atoms with E-state index < -0.39 is 0 Å². The van der Waals surface area contributed by atoms with Crippen molar-refractivity contribution in [3.63, 3.8) is 0 Å². The van der Waals surface area contributed by atoms with Crippen LogP contribution in [0, 0.1) is 13.8 Å². The normalized spacial score (nSPS) is 10.8. The summed E-state index contributed by atoms with van der Waals surface area (Å²) in [7, 11) is 1.84. The number of thioether (sulfide) groups is 1. The predicted octanol–water partition coefficient (Wildman–Crippen LogP) is 2.77. The van der Waals surface area contributed by atoms with Gasteiger partial charge in [-0.2, -0.15) is 5.10 Å². The number of hydrogen-bond acceptors (Lipinski definition) is 4. The van der Waals surface area contributed by atoms with Gasteiger partial charge in [-0.15, -0.1) is 0 Å².